The summed E-state index contributed by atoms with van der Waals surface area (Å²) in [6.45, 7) is 4.70. The van der Waals surface area contributed by atoms with Crippen molar-refractivity contribution < 1.29 is 0 Å². The predicted octanol–water partition coefficient (Wildman–Crippen LogP) is 3.58. The predicted molar refractivity (Wildman–Crippen MR) is 87.7 cm³/mol. The second kappa shape index (κ2) is 5.30. The number of hydrogen-bond acceptors (Lipinski definition) is 3. The molecule has 21 heavy (non-hydrogen) atoms. The molecular formula is C18H23N3. The lowest BCUT2D eigenvalue weighted by atomic mass is 9.97. The van der Waals surface area contributed by atoms with Crippen LogP contribution in [0, 0.1) is 6.92 Å². The standard InChI is InChI=1S/C18H23N3/c1-13-6-7-17(16-5-2-9-19-18(13)16)20-14-8-11-21-10-3-4-15(21)12-14/h2,5-7,9,14-15,20H,3-4,8,10-12H2,1H3. The van der Waals surface area contributed by atoms with E-state index in [1.54, 1.807) is 0 Å². The Kier molecular flexibility index (Phi) is 3.30. The lowest BCUT2D eigenvalue weighted by Gasteiger charge is -2.35. The maximum Gasteiger partial charge on any atom is 0.0751 e. The summed E-state index contributed by atoms with van der Waals surface area (Å²) in [5.74, 6) is 0. The van der Waals surface area contributed by atoms with Crippen LogP contribution in [0.25, 0.3) is 10.9 Å². The lowest BCUT2D eigenvalue weighted by Crippen LogP contribution is -2.42. The normalized spacial score (nSPS) is 26.0. The van der Waals surface area contributed by atoms with Gasteiger partial charge in [-0.25, -0.2) is 0 Å². The summed E-state index contributed by atoms with van der Waals surface area (Å²) < 4.78 is 0. The molecule has 110 valence electrons. The Morgan fingerprint density at radius 1 is 1.19 bits per heavy atom. The number of piperidine rings is 1. The molecule has 2 unspecified atom stereocenters. The largest absolute Gasteiger partial charge is 0.382 e. The summed E-state index contributed by atoms with van der Waals surface area (Å²) in [6, 6.07) is 10.0. The van der Waals surface area contributed by atoms with E-state index in [9.17, 15) is 0 Å². The van der Waals surface area contributed by atoms with E-state index >= 15 is 0 Å². The molecule has 3 nitrogen and oxygen atoms in total. The minimum absolute atomic E-state index is 0.607. The number of rotatable bonds is 2. The molecular weight excluding hydrogens is 258 g/mol. The first-order chi connectivity index (χ1) is 10.3. The van der Waals surface area contributed by atoms with E-state index in [0.717, 1.165) is 11.6 Å². The number of anilines is 1. The van der Waals surface area contributed by atoms with E-state index in [4.69, 9.17) is 0 Å². The number of aryl methyl sites for hydroxylation is 1. The fraction of sp³-hybridized carbons (Fsp3) is 0.500. The van der Waals surface area contributed by atoms with Gasteiger partial charge < -0.3 is 10.2 Å². The van der Waals surface area contributed by atoms with Crippen molar-refractivity contribution in [2.75, 3.05) is 18.4 Å². The fourth-order valence-corrected chi connectivity index (χ4v) is 4.02. The van der Waals surface area contributed by atoms with Crippen LogP contribution in [0.15, 0.2) is 30.5 Å². The topological polar surface area (TPSA) is 28.2 Å². The molecule has 2 fully saturated rings. The van der Waals surface area contributed by atoms with Crippen LogP contribution in [0.5, 0.6) is 0 Å². The van der Waals surface area contributed by atoms with E-state index in [-0.39, 0.29) is 0 Å². The Bertz CT molecular complexity index is 652. The fourth-order valence-electron chi connectivity index (χ4n) is 4.02. The SMILES string of the molecule is Cc1ccc(NC2CCN3CCCC3C2)c2cccnc12. The molecule has 2 aliphatic rings. The third kappa shape index (κ3) is 2.40. The number of pyridine rings is 1. The molecule has 2 aliphatic heterocycles. The van der Waals surface area contributed by atoms with Crippen molar-refractivity contribution in [3.8, 4) is 0 Å². The van der Waals surface area contributed by atoms with E-state index in [1.165, 1.54) is 55.4 Å². The van der Waals surface area contributed by atoms with Crippen molar-refractivity contribution >= 4 is 16.6 Å². The summed E-state index contributed by atoms with van der Waals surface area (Å²) in [4.78, 5) is 7.21. The first kappa shape index (κ1) is 13.1. The van der Waals surface area contributed by atoms with E-state index in [2.05, 4.69) is 40.3 Å². The van der Waals surface area contributed by atoms with Gasteiger partial charge in [0.2, 0.25) is 0 Å². The summed E-state index contributed by atoms with van der Waals surface area (Å²) in [5.41, 5.74) is 3.63. The summed E-state index contributed by atoms with van der Waals surface area (Å²) in [7, 11) is 0. The van der Waals surface area contributed by atoms with Gasteiger partial charge in [0.25, 0.3) is 0 Å². The molecule has 0 bridgehead atoms. The molecule has 2 saturated heterocycles. The van der Waals surface area contributed by atoms with Crippen molar-refractivity contribution in [3.05, 3.63) is 36.0 Å². The van der Waals surface area contributed by atoms with Gasteiger partial charge >= 0.3 is 0 Å². The maximum absolute atomic E-state index is 4.54. The van der Waals surface area contributed by atoms with Crippen LogP contribution in [-0.4, -0.2) is 35.1 Å². The van der Waals surface area contributed by atoms with Crippen LogP contribution in [0.1, 0.15) is 31.2 Å². The molecule has 0 spiro atoms. The third-order valence-electron chi connectivity index (χ3n) is 5.15. The van der Waals surface area contributed by atoms with Gasteiger partial charge in [-0.05, 0) is 62.9 Å². The van der Waals surface area contributed by atoms with Crippen molar-refractivity contribution in [2.24, 2.45) is 0 Å². The van der Waals surface area contributed by atoms with Gasteiger partial charge in [-0.2, -0.15) is 0 Å². The molecule has 0 saturated carbocycles. The van der Waals surface area contributed by atoms with Crippen LogP contribution >= 0.6 is 0 Å². The highest BCUT2D eigenvalue weighted by atomic mass is 15.2. The van der Waals surface area contributed by atoms with Crippen LogP contribution in [0.2, 0.25) is 0 Å². The number of nitrogens with one attached hydrogen (secondary N) is 1. The minimum atomic E-state index is 0.607. The molecule has 1 aromatic heterocycles. The summed E-state index contributed by atoms with van der Waals surface area (Å²) >= 11 is 0. The molecule has 4 rings (SSSR count). The second-order valence-electron chi connectivity index (χ2n) is 6.53. The number of aromatic nitrogens is 1. The monoisotopic (exact) mass is 281 g/mol. The van der Waals surface area contributed by atoms with Crippen molar-refractivity contribution in [2.45, 2.75) is 44.7 Å². The van der Waals surface area contributed by atoms with E-state index in [1.807, 2.05) is 12.3 Å². The zero-order valence-electron chi connectivity index (χ0n) is 12.7. The molecule has 0 radical (unpaired) electrons. The smallest absolute Gasteiger partial charge is 0.0751 e. The lowest BCUT2D eigenvalue weighted by molar-refractivity contribution is 0.188. The highest BCUT2D eigenvalue weighted by Crippen LogP contribution is 2.31. The molecule has 0 amide bonds. The molecule has 0 aliphatic carbocycles. The van der Waals surface area contributed by atoms with Gasteiger partial charge in [0.15, 0.2) is 0 Å². The molecule has 3 heteroatoms. The van der Waals surface area contributed by atoms with Crippen LogP contribution in [0.4, 0.5) is 5.69 Å². The molecule has 3 heterocycles. The van der Waals surface area contributed by atoms with Crippen molar-refractivity contribution in [3.63, 3.8) is 0 Å². The molecule has 2 atom stereocenters. The Morgan fingerprint density at radius 2 is 2.14 bits per heavy atom. The zero-order valence-corrected chi connectivity index (χ0v) is 12.7. The zero-order chi connectivity index (χ0) is 14.2. The number of hydrogen-bond donors (Lipinski definition) is 1. The van der Waals surface area contributed by atoms with Gasteiger partial charge in [0.05, 0.1) is 5.52 Å². The first-order valence-corrected chi connectivity index (χ1v) is 8.16. The van der Waals surface area contributed by atoms with E-state index < -0.39 is 0 Å². The average Bonchev–Trinajstić information content (AvgIpc) is 2.98. The van der Waals surface area contributed by atoms with Crippen LogP contribution < -0.4 is 5.32 Å². The maximum atomic E-state index is 4.54. The third-order valence-corrected chi connectivity index (χ3v) is 5.15. The van der Waals surface area contributed by atoms with Gasteiger partial charge in [-0.15, -0.1) is 0 Å². The van der Waals surface area contributed by atoms with E-state index in [0.29, 0.717) is 6.04 Å². The Morgan fingerprint density at radius 3 is 3.10 bits per heavy atom. The average molecular weight is 281 g/mol. The number of benzene rings is 1. The van der Waals surface area contributed by atoms with Gasteiger partial charge in [0.1, 0.15) is 0 Å². The van der Waals surface area contributed by atoms with Crippen molar-refractivity contribution in [1.82, 2.24) is 9.88 Å². The highest BCUT2D eigenvalue weighted by Gasteiger charge is 2.31. The van der Waals surface area contributed by atoms with Crippen LogP contribution in [-0.2, 0) is 0 Å². The molecule has 2 aromatic rings. The Hall–Kier alpha value is -1.61. The summed E-state index contributed by atoms with van der Waals surface area (Å²) in [6.07, 6.45) is 7.20. The molecule has 1 N–H and O–H groups in total. The number of nitrogens with zero attached hydrogens (tertiary/aromatic N) is 2. The second-order valence-corrected chi connectivity index (χ2v) is 6.53. The quantitative estimate of drug-likeness (QED) is 0.912. The van der Waals surface area contributed by atoms with Crippen molar-refractivity contribution in [1.29, 1.82) is 0 Å². The first-order valence-electron chi connectivity index (χ1n) is 8.16. The summed E-state index contributed by atoms with van der Waals surface area (Å²) in [5, 5.41) is 5.05. The Labute approximate surface area is 126 Å². The van der Waals surface area contributed by atoms with Crippen LogP contribution in [0.3, 0.4) is 0 Å². The number of fused-ring (bicyclic) bond motifs is 2. The highest BCUT2D eigenvalue weighted by molar-refractivity contribution is 5.93. The Balaban J connectivity index is 1.58. The van der Waals surface area contributed by atoms with Gasteiger partial charge in [0, 0.05) is 35.9 Å². The van der Waals surface area contributed by atoms with Gasteiger partial charge in [-0.1, -0.05) is 6.07 Å². The minimum Gasteiger partial charge on any atom is -0.382 e. The molecule has 1 aromatic carbocycles. The van der Waals surface area contributed by atoms with Gasteiger partial charge in [-0.3, -0.25) is 4.98 Å².